The van der Waals surface area contributed by atoms with E-state index in [1.165, 1.54) is 6.21 Å². The zero-order valence-corrected chi connectivity index (χ0v) is 15.9. The molecule has 0 bridgehead atoms. The largest absolute Gasteiger partial charge is 0.507 e. The number of H-pyrrole nitrogens is 1. The lowest BCUT2D eigenvalue weighted by atomic mass is 10.1. The Bertz CT molecular complexity index is 1160. The van der Waals surface area contributed by atoms with E-state index < -0.39 is 5.56 Å². The number of phenolic OH excluding ortho intramolecular Hbond substituents is 1. The van der Waals surface area contributed by atoms with Crippen LogP contribution in [-0.2, 0) is 0 Å². The van der Waals surface area contributed by atoms with Crippen LogP contribution in [0.4, 0.5) is 5.95 Å². The molecule has 0 saturated heterocycles. The van der Waals surface area contributed by atoms with Gasteiger partial charge in [-0.3, -0.25) is 9.78 Å². The van der Waals surface area contributed by atoms with Gasteiger partial charge in [0.2, 0.25) is 5.95 Å². The molecule has 0 fully saturated rings. The van der Waals surface area contributed by atoms with Crippen molar-refractivity contribution < 1.29 is 5.11 Å². The van der Waals surface area contributed by atoms with E-state index in [-0.39, 0.29) is 23.0 Å². The number of aromatic nitrogens is 2. The third-order valence-electron chi connectivity index (χ3n) is 4.15. The summed E-state index contributed by atoms with van der Waals surface area (Å²) in [6, 6.07) is 12.3. The van der Waals surface area contributed by atoms with Gasteiger partial charge in [0, 0.05) is 16.1 Å². The summed E-state index contributed by atoms with van der Waals surface area (Å²) in [6.07, 6.45) is 1.39. The molecule has 3 rings (SSSR count). The molecule has 8 heteroatoms. The van der Waals surface area contributed by atoms with Crippen molar-refractivity contribution in [2.24, 2.45) is 5.10 Å². The lowest BCUT2D eigenvalue weighted by Crippen LogP contribution is -2.16. The van der Waals surface area contributed by atoms with Crippen LogP contribution >= 0.6 is 11.6 Å². The number of halogens is 1. The average Bonchev–Trinajstić information content (AvgIpc) is 2.69. The number of hydrogen-bond acceptors (Lipinski definition) is 6. The summed E-state index contributed by atoms with van der Waals surface area (Å²) in [5.74, 6) is 0.102. The Labute approximate surface area is 166 Å². The summed E-state index contributed by atoms with van der Waals surface area (Å²) in [5, 5.41) is 24.0. The van der Waals surface area contributed by atoms with Crippen LogP contribution in [-0.4, -0.2) is 21.3 Å². The molecule has 1 aromatic heterocycles. The topological polar surface area (TPSA) is 114 Å². The molecule has 0 aliphatic carbocycles. The molecule has 1 heterocycles. The molecule has 3 aromatic rings. The van der Waals surface area contributed by atoms with Crippen molar-refractivity contribution >= 4 is 23.8 Å². The molecular formula is C20H16ClN5O2. The molecule has 7 nitrogen and oxygen atoms in total. The maximum atomic E-state index is 12.2. The highest BCUT2D eigenvalue weighted by atomic mass is 35.5. The van der Waals surface area contributed by atoms with Crippen molar-refractivity contribution in [1.29, 1.82) is 5.26 Å². The predicted molar refractivity (Wildman–Crippen MR) is 109 cm³/mol. The maximum absolute atomic E-state index is 12.2. The number of aromatic amines is 1. The molecule has 0 atom stereocenters. The summed E-state index contributed by atoms with van der Waals surface area (Å²) in [4.78, 5) is 19.0. The fraction of sp³-hybridized carbons (Fsp3) is 0.100. The first-order chi connectivity index (χ1) is 13.4. The number of benzene rings is 2. The van der Waals surface area contributed by atoms with Gasteiger partial charge in [0.1, 0.15) is 17.4 Å². The van der Waals surface area contributed by atoms with Gasteiger partial charge < -0.3 is 5.11 Å². The van der Waals surface area contributed by atoms with Gasteiger partial charge in [0.25, 0.3) is 5.56 Å². The van der Waals surface area contributed by atoms with E-state index in [0.717, 1.165) is 5.56 Å². The fourth-order valence-electron chi connectivity index (χ4n) is 2.71. The first-order valence-electron chi connectivity index (χ1n) is 8.30. The molecule has 0 aliphatic rings. The third kappa shape index (κ3) is 3.72. The normalized spacial score (nSPS) is 10.8. The zero-order valence-electron chi connectivity index (χ0n) is 15.1. The van der Waals surface area contributed by atoms with E-state index in [9.17, 15) is 15.2 Å². The Kier molecular flexibility index (Phi) is 5.43. The van der Waals surface area contributed by atoms with Gasteiger partial charge in [-0.1, -0.05) is 41.9 Å². The van der Waals surface area contributed by atoms with Crippen LogP contribution in [0.15, 0.2) is 46.3 Å². The van der Waals surface area contributed by atoms with Gasteiger partial charge in [0.05, 0.1) is 11.9 Å². The van der Waals surface area contributed by atoms with E-state index in [1.807, 2.05) is 12.1 Å². The van der Waals surface area contributed by atoms with Crippen LogP contribution in [0, 0.1) is 25.2 Å². The molecule has 0 saturated carbocycles. The van der Waals surface area contributed by atoms with Gasteiger partial charge >= 0.3 is 0 Å². The van der Waals surface area contributed by atoms with Gasteiger partial charge in [-0.25, -0.2) is 10.4 Å². The van der Waals surface area contributed by atoms with Crippen LogP contribution in [0.5, 0.6) is 5.75 Å². The standard InChI is InChI=1S/C20H16ClN5O2/c1-11-8-16(27)15(12(2)17(11)21)10-23-26-20-24-18(13-6-4-3-5-7-13)14(9-22)19(28)25-20/h3-8,10,27H,1-2H3,(H2,24,25,26,28). The molecule has 140 valence electrons. The lowest BCUT2D eigenvalue weighted by Gasteiger charge is -2.09. The molecule has 0 radical (unpaired) electrons. The predicted octanol–water partition coefficient (Wildman–Crippen LogP) is 3.73. The Morgan fingerprint density at radius 2 is 2.04 bits per heavy atom. The number of phenols is 1. The van der Waals surface area contributed by atoms with Crippen LogP contribution in [0.1, 0.15) is 22.3 Å². The lowest BCUT2D eigenvalue weighted by molar-refractivity contribution is 0.473. The first-order valence-corrected chi connectivity index (χ1v) is 8.67. The number of rotatable bonds is 4. The second-order valence-corrected chi connectivity index (χ2v) is 6.43. The van der Waals surface area contributed by atoms with Crippen molar-refractivity contribution in [1.82, 2.24) is 9.97 Å². The molecule has 28 heavy (non-hydrogen) atoms. The molecule has 2 aromatic carbocycles. The minimum absolute atomic E-state index is 0.0382. The summed E-state index contributed by atoms with van der Waals surface area (Å²) in [7, 11) is 0. The van der Waals surface area contributed by atoms with Gasteiger partial charge in [-0.05, 0) is 31.0 Å². The number of hydrazone groups is 1. The molecule has 0 unspecified atom stereocenters. The number of aromatic hydroxyl groups is 1. The Balaban J connectivity index is 1.96. The average molecular weight is 394 g/mol. The van der Waals surface area contributed by atoms with Gasteiger partial charge in [0.15, 0.2) is 0 Å². The molecular weight excluding hydrogens is 378 g/mol. The molecule has 0 amide bonds. The Hall–Kier alpha value is -3.63. The molecule has 0 aliphatic heterocycles. The second-order valence-electron chi connectivity index (χ2n) is 6.05. The number of nitrogens with one attached hydrogen (secondary N) is 2. The highest BCUT2D eigenvalue weighted by molar-refractivity contribution is 6.32. The number of anilines is 1. The molecule has 3 N–H and O–H groups in total. The second kappa shape index (κ2) is 7.94. The quantitative estimate of drug-likeness (QED) is 0.461. The number of hydrogen-bond donors (Lipinski definition) is 3. The summed E-state index contributed by atoms with van der Waals surface area (Å²) >= 11 is 6.21. The van der Waals surface area contributed by atoms with Crippen molar-refractivity contribution in [3.63, 3.8) is 0 Å². The van der Waals surface area contributed by atoms with E-state index in [1.54, 1.807) is 44.2 Å². The smallest absolute Gasteiger partial charge is 0.270 e. The van der Waals surface area contributed by atoms with Crippen LogP contribution in [0.2, 0.25) is 5.02 Å². The van der Waals surface area contributed by atoms with Crippen LogP contribution in [0.25, 0.3) is 11.3 Å². The number of nitriles is 1. The third-order valence-corrected chi connectivity index (χ3v) is 4.73. The minimum atomic E-state index is -0.577. The van der Waals surface area contributed by atoms with Gasteiger partial charge in [-0.2, -0.15) is 10.4 Å². The Morgan fingerprint density at radius 1 is 1.32 bits per heavy atom. The van der Waals surface area contributed by atoms with Crippen LogP contribution < -0.4 is 11.0 Å². The molecule has 0 spiro atoms. The van der Waals surface area contributed by atoms with E-state index in [4.69, 9.17) is 11.6 Å². The minimum Gasteiger partial charge on any atom is -0.507 e. The van der Waals surface area contributed by atoms with Crippen molar-refractivity contribution in [3.05, 3.63) is 74.0 Å². The first kappa shape index (κ1) is 19.1. The summed E-state index contributed by atoms with van der Waals surface area (Å²) in [6.45, 7) is 3.57. The maximum Gasteiger partial charge on any atom is 0.270 e. The monoisotopic (exact) mass is 393 g/mol. The highest BCUT2D eigenvalue weighted by Gasteiger charge is 2.13. The Morgan fingerprint density at radius 3 is 2.71 bits per heavy atom. The number of nitrogens with zero attached hydrogens (tertiary/aromatic N) is 3. The fourth-order valence-corrected chi connectivity index (χ4v) is 2.86. The zero-order chi connectivity index (χ0) is 20.3. The SMILES string of the molecule is Cc1cc(O)c(C=NNc2nc(-c3ccccc3)c(C#N)c(=O)[nH]2)c(C)c1Cl. The summed E-state index contributed by atoms with van der Waals surface area (Å²) in [5.41, 5.74) is 4.73. The van der Waals surface area contributed by atoms with Crippen LogP contribution in [0.3, 0.4) is 0 Å². The van der Waals surface area contributed by atoms with Crippen molar-refractivity contribution in [3.8, 4) is 23.1 Å². The number of aryl methyl sites for hydroxylation is 1. The highest BCUT2D eigenvalue weighted by Crippen LogP contribution is 2.29. The van der Waals surface area contributed by atoms with Gasteiger partial charge in [-0.15, -0.1) is 0 Å². The van der Waals surface area contributed by atoms with E-state index in [0.29, 0.717) is 21.7 Å². The van der Waals surface area contributed by atoms with Crippen molar-refractivity contribution in [2.45, 2.75) is 13.8 Å². The summed E-state index contributed by atoms with van der Waals surface area (Å²) < 4.78 is 0. The van der Waals surface area contributed by atoms with Crippen molar-refractivity contribution in [2.75, 3.05) is 5.43 Å². The van der Waals surface area contributed by atoms with E-state index >= 15 is 0 Å². The van der Waals surface area contributed by atoms with E-state index in [2.05, 4.69) is 20.5 Å².